The summed E-state index contributed by atoms with van der Waals surface area (Å²) in [5.74, 6) is 1.71. The molecule has 0 amide bonds. The van der Waals surface area contributed by atoms with Gasteiger partial charge in [0.2, 0.25) is 0 Å². The van der Waals surface area contributed by atoms with Crippen molar-refractivity contribution in [1.82, 2.24) is 19.6 Å². The van der Waals surface area contributed by atoms with Crippen molar-refractivity contribution in [3.05, 3.63) is 59.4 Å². The number of nitrogens with one attached hydrogen (secondary N) is 1. The number of likely N-dealkylation sites (tertiary alicyclic amines) is 1. The molecule has 3 aromatic rings. The van der Waals surface area contributed by atoms with Crippen LogP contribution in [0, 0.1) is 5.92 Å². The van der Waals surface area contributed by atoms with Gasteiger partial charge in [0.25, 0.3) is 0 Å². The van der Waals surface area contributed by atoms with E-state index in [2.05, 4.69) is 68.4 Å². The number of hydrogen-bond acceptors (Lipinski definition) is 3. The Kier molecular flexibility index (Phi) is 5.20. The van der Waals surface area contributed by atoms with E-state index in [1.807, 2.05) is 6.20 Å². The SMILES string of the molecule is CCNC(=NCc1cn2ccsc2n1)N1CCC(Cc2ccccc2)C1. The lowest BCUT2D eigenvalue weighted by Gasteiger charge is -2.21. The third-order valence-electron chi connectivity index (χ3n) is 4.82. The van der Waals surface area contributed by atoms with Crippen LogP contribution < -0.4 is 5.32 Å². The molecule has 6 heteroatoms. The van der Waals surface area contributed by atoms with E-state index in [9.17, 15) is 0 Å². The van der Waals surface area contributed by atoms with E-state index in [-0.39, 0.29) is 0 Å². The van der Waals surface area contributed by atoms with Gasteiger partial charge >= 0.3 is 0 Å². The van der Waals surface area contributed by atoms with Crippen molar-refractivity contribution in [1.29, 1.82) is 0 Å². The summed E-state index contributed by atoms with van der Waals surface area (Å²) in [6.45, 7) is 5.77. The Bertz CT molecular complexity index is 838. The van der Waals surface area contributed by atoms with E-state index in [1.54, 1.807) is 11.3 Å². The Labute approximate surface area is 158 Å². The fourth-order valence-corrected chi connectivity index (χ4v) is 4.29. The summed E-state index contributed by atoms with van der Waals surface area (Å²) < 4.78 is 2.06. The van der Waals surface area contributed by atoms with Crippen LogP contribution in [-0.2, 0) is 13.0 Å². The molecule has 0 bridgehead atoms. The first-order valence-corrected chi connectivity index (χ1v) is 10.2. The highest BCUT2D eigenvalue weighted by Gasteiger charge is 2.25. The van der Waals surface area contributed by atoms with Gasteiger partial charge in [-0.3, -0.25) is 4.40 Å². The molecule has 1 unspecified atom stereocenters. The Hall–Kier alpha value is -2.34. The number of aliphatic imine (C=N–C) groups is 1. The molecule has 5 nitrogen and oxygen atoms in total. The molecule has 1 aromatic carbocycles. The largest absolute Gasteiger partial charge is 0.357 e. The van der Waals surface area contributed by atoms with Gasteiger partial charge in [-0.2, -0.15) is 0 Å². The first-order valence-electron chi connectivity index (χ1n) is 9.30. The van der Waals surface area contributed by atoms with Crippen molar-refractivity contribution in [3.8, 4) is 0 Å². The number of guanidine groups is 1. The molecule has 4 rings (SSSR count). The van der Waals surface area contributed by atoms with E-state index in [0.29, 0.717) is 12.5 Å². The standard InChI is InChI=1S/C20H25N5S/c1-2-21-19(22-13-18-15-25-10-11-26-20(25)23-18)24-9-8-17(14-24)12-16-6-4-3-5-7-16/h3-7,10-11,15,17H,2,8-9,12-14H2,1H3,(H,21,22). The van der Waals surface area contributed by atoms with Gasteiger partial charge in [0.1, 0.15) is 0 Å². The van der Waals surface area contributed by atoms with Crippen LogP contribution in [0.15, 0.2) is 53.1 Å². The number of thiazole rings is 1. The fourth-order valence-electron chi connectivity index (χ4n) is 3.57. The molecule has 3 heterocycles. The lowest BCUT2D eigenvalue weighted by atomic mass is 9.99. The second kappa shape index (κ2) is 7.91. The van der Waals surface area contributed by atoms with Gasteiger partial charge in [0.15, 0.2) is 10.9 Å². The smallest absolute Gasteiger partial charge is 0.194 e. The van der Waals surface area contributed by atoms with Crippen LogP contribution in [0.1, 0.15) is 24.6 Å². The molecule has 26 heavy (non-hydrogen) atoms. The molecule has 1 fully saturated rings. The van der Waals surface area contributed by atoms with Gasteiger partial charge in [-0.25, -0.2) is 9.98 Å². The van der Waals surface area contributed by atoms with Crippen LogP contribution in [0.4, 0.5) is 0 Å². The third-order valence-corrected chi connectivity index (χ3v) is 5.59. The number of fused-ring (bicyclic) bond motifs is 1. The first kappa shape index (κ1) is 17.1. The van der Waals surface area contributed by atoms with Crippen molar-refractivity contribution < 1.29 is 0 Å². The fraction of sp³-hybridized carbons (Fsp3) is 0.400. The minimum absolute atomic E-state index is 0.622. The molecule has 0 radical (unpaired) electrons. The molecule has 0 spiro atoms. The maximum atomic E-state index is 4.84. The number of rotatable bonds is 5. The number of benzene rings is 1. The molecule has 0 saturated carbocycles. The second-order valence-electron chi connectivity index (χ2n) is 6.79. The minimum atomic E-state index is 0.622. The second-order valence-corrected chi connectivity index (χ2v) is 7.66. The molecule has 1 saturated heterocycles. The van der Waals surface area contributed by atoms with Gasteiger partial charge in [0, 0.05) is 37.4 Å². The van der Waals surface area contributed by atoms with Gasteiger partial charge in [-0.1, -0.05) is 30.3 Å². The highest BCUT2D eigenvalue weighted by atomic mass is 32.1. The summed E-state index contributed by atoms with van der Waals surface area (Å²) in [6.07, 6.45) is 6.48. The highest BCUT2D eigenvalue weighted by molar-refractivity contribution is 7.15. The lowest BCUT2D eigenvalue weighted by molar-refractivity contribution is 0.460. The van der Waals surface area contributed by atoms with Crippen LogP contribution >= 0.6 is 11.3 Å². The summed E-state index contributed by atoms with van der Waals surface area (Å²) in [5.41, 5.74) is 2.45. The molecule has 1 aliphatic rings. The zero-order valence-corrected chi connectivity index (χ0v) is 16.0. The van der Waals surface area contributed by atoms with E-state index < -0.39 is 0 Å². The molecular weight excluding hydrogens is 342 g/mol. The van der Waals surface area contributed by atoms with Crippen molar-refractivity contribution in [2.24, 2.45) is 10.9 Å². The lowest BCUT2D eigenvalue weighted by Crippen LogP contribution is -2.40. The Morgan fingerprint density at radius 3 is 3.04 bits per heavy atom. The van der Waals surface area contributed by atoms with E-state index >= 15 is 0 Å². The van der Waals surface area contributed by atoms with E-state index in [1.165, 1.54) is 12.0 Å². The minimum Gasteiger partial charge on any atom is -0.357 e. The average molecular weight is 368 g/mol. The molecule has 136 valence electrons. The van der Waals surface area contributed by atoms with Gasteiger partial charge in [-0.05, 0) is 31.2 Å². The van der Waals surface area contributed by atoms with Crippen molar-refractivity contribution in [2.75, 3.05) is 19.6 Å². The van der Waals surface area contributed by atoms with E-state index in [4.69, 9.17) is 4.99 Å². The third kappa shape index (κ3) is 3.90. The summed E-state index contributed by atoms with van der Waals surface area (Å²) in [5, 5.41) is 5.50. The summed E-state index contributed by atoms with van der Waals surface area (Å²) in [7, 11) is 0. The zero-order valence-electron chi connectivity index (χ0n) is 15.1. The molecule has 0 aliphatic carbocycles. The summed E-state index contributed by atoms with van der Waals surface area (Å²) in [4.78, 5) is 12.9. The average Bonchev–Trinajstić information content (AvgIpc) is 3.36. The Morgan fingerprint density at radius 1 is 1.35 bits per heavy atom. The van der Waals surface area contributed by atoms with Crippen molar-refractivity contribution in [2.45, 2.75) is 26.3 Å². The number of hydrogen-bond donors (Lipinski definition) is 1. The van der Waals surface area contributed by atoms with Crippen molar-refractivity contribution in [3.63, 3.8) is 0 Å². The normalized spacial score (nSPS) is 18.0. The van der Waals surface area contributed by atoms with Crippen LogP contribution in [0.25, 0.3) is 4.96 Å². The number of nitrogens with zero attached hydrogens (tertiary/aromatic N) is 4. The topological polar surface area (TPSA) is 44.9 Å². The summed E-state index contributed by atoms with van der Waals surface area (Å²) in [6, 6.07) is 10.8. The number of imidazole rings is 1. The predicted octanol–water partition coefficient (Wildman–Crippen LogP) is 3.43. The maximum absolute atomic E-state index is 4.84. The zero-order chi connectivity index (χ0) is 17.8. The monoisotopic (exact) mass is 367 g/mol. The van der Waals surface area contributed by atoms with Crippen LogP contribution in [0.5, 0.6) is 0 Å². The summed E-state index contributed by atoms with van der Waals surface area (Å²) >= 11 is 1.66. The van der Waals surface area contributed by atoms with Gasteiger partial charge < -0.3 is 10.2 Å². The molecule has 1 atom stereocenters. The molecule has 2 aromatic heterocycles. The first-order chi connectivity index (χ1) is 12.8. The quantitative estimate of drug-likeness (QED) is 0.555. The predicted molar refractivity (Wildman–Crippen MR) is 108 cm³/mol. The Morgan fingerprint density at radius 2 is 2.23 bits per heavy atom. The molecule has 1 N–H and O–H groups in total. The molecular formula is C20H25N5S. The Balaban J connectivity index is 1.40. The highest BCUT2D eigenvalue weighted by Crippen LogP contribution is 2.21. The van der Waals surface area contributed by atoms with Gasteiger partial charge in [0.05, 0.1) is 12.2 Å². The van der Waals surface area contributed by atoms with Crippen LogP contribution in [-0.4, -0.2) is 39.9 Å². The van der Waals surface area contributed by atoms with Crippen molar-refractivity contribution >= 4 is 22.3 Å². The maximum Gasteiger partial charge on any atom is 0.194 e. The van der Waals surface area contributed by atoms with E-state index in [0.717, 1.165) is 42.7 Å². The number of aromatic nitrogens is 2. The molecule has 1 aliphatic heterocycles. The van der Waals surface area contributed by atoms with Gasteiger partial charge in [-0.15, -0.1) is 11.3 Å². The van der Waals surface area contributed by atoms with Crippen LogP contribution in [0.3, 0.4) is 0 Å². The van der Waals surface area contributed by atoms with Crippen LogP contribution in [0.2, 0.25) is 0 Å².